The van der Waals surface area contributed by atoms with Gasteiger partial charge in [-0.1, -0.05) is 12.1 Å². The van der Waals surface area contributed by atoms with Crippen LogP contribution < -0.4 is 9.80 Å². The van der Waals surface area contributed by atoms with E-state index in [0.717, 1.165) is 22.6 Å². The lowest BCUT2D eigenvalue weighted by Gasteiger charge is -2.34. The number of aromatic nitrogens is 2. The molecule has 1 atom stereocenters. The third kappa shape index (κ3) is 5.19. The van der Waals surface area contributed by atoms with E-state index >= 15 is 0 Å². The molecular weight excluding hydrogens is 371 g/mol. The second-order valence-electron chi connectivity index (χ2n) is 6.92. The lowest BCUT2D eigenvalue weighted by molar-refractivity contribution is -0.885. The van der Waals surface area contributed by atoms with E-state index in [1.54, 1.807) is 18.5 Å². The van der Waals surface area contributed by atoms with E-state index in [0.29, 0.717) is 45.2 Å². The normalized spacial score (nSPS) is 16.1. The third-order valence-electron chi connectivity index (χ3n) is 4.71. The van der Waals surface area contributed by atoms with Crippen LogP contribution in [0.4, 0.5) is 19.1 Å². The van der Waals surface area contributed by atoms with Gasteiger partial charge in [0.2, 0.25) is 5.95 Å². The smallest absolute Gasteiger partial charge is 0.337 e. The number of nitrogens with zero attached hydrogens (tertiary/aromatic N) is 4. The lowest BCUT2D eigenvalue weighted by Crippen LogP contribution is -3.09. The molecule has 0 bridgehead atoms. The number of likely N-dealkylation sites (N-methyl/N-ethyl adjacent to an activating group) is 1. The number of quaternary nitrogens is 1. The Hall–Kier alpha value is -2.68. The third-order valence-corrected chi connectivity index (χ3v) is 4.71. The van der Waals surface area contributed by atoms with Crippen LogP contribution in [0.5, 0.6) is 0 Å². The molecule has 3 rings (SSSR count). The monoisotopic (exact) mass is 394 g/mol. The van der Waals surface area contributed by atoms with Crippen molar-refractivity contribution in [2.24, 2.45) is 0 Å². The topological polar surface area (TPSA) is 53.8 Å². The van der Waals surface area contributed by atoms with Crippen LogP contribution in [0.25, 0.3) is 0 Å². The van der Waals surface area contributed by atoms with E-state index in [4.69, 9.17) is 0 Å². The van der Waals surface area contributed by atoms with Gasteiger partial charge in [0, 0.05) is 44.1 Å². The Labute approximate surface area is 161 Å². The zero-order valence-corrected chi connectivity index (χ0v) is 15.6. The highest BCUT2D eigenvalue weighted by Crippen LogP contribution is 2.28. The molecule has 1 saturated heterocycles. The van der Waals surface area contributed by atoms with Crippen molar-refractivity contribution in [3.05, 3.63) is 53.9 Å². The number of rotatable bonds is 5. The van der Waals surface area contributed by atoms with Gasteiger partial charge in [0.15, 0.2) is 6.54 Å². The van der Waals surface area contributed by atoms with Crippen LogP contribution in [-0.2, 0) is 17.5 Å². The molecule has 1 aliphatic rings. The van der Waals surface area contributed by atoms with Crippen LogP contribution in [0.3, 0.4) is 0 Å². The van der Waals surface area contributed by atoms with Crippen molar-refractivity contribution in [2.75, 3.05) is 44.7 Å². The minimum atomic E-state index is -4.33. The second-order valence-corrected chi connectivity index (χ2v) is 6.92. The number of carbonyl (C=O) groups is 1. The van der Waals surface area contributed by atoms with Crippen LogP contribution in [0, 0.1) is 0 Å². The number of piperazine rings is 1. The van der Waals surface area contributed by atoms with Crippen LogP contribution in [0.15, 0.2) is 42.7 Å². The number of halogens is 3. The summed E-state index contributed by atoms with van der Waals surface area (Å²) in [7, 11) is 1.86. The molecule has 1 aromatic carbocycles. The molecular formula is C19H23F3N5O+. The highest BCUT2D eigenvalue weighted by molar-refractivity contribution is 5.77. The van der Waals surface area contributed by atoms with Gasteiger partial charge in [-0.15, -0.1) is 0 Å². The molecule has 2 heterocycles. The van der Waals surface area contributed by atoms with Crippen molar-refractivity contribution >= 4 is 11.9 Å². The predicted octanol–water partition coefficient (Wildman–Crippen LogP) is 0.859. The van der Waals surface area contributed by atoms with Crippen molar-refractivity contribution in [2.45, 2.75) is 12.7 Å². The van der Waals surface area contributed by atoms with Crippen LogP contribution in [0.2, 0.25) is 0 Å². The minimum absolute atomic E-state index is 0.0399. The number of hydrogen-bond donors (Lipinski definition) is 1. The molecule has 9 heteroatoms. The first kappa shape index (κ1) is 20.1. The molecule has 1 fully saturated rings. The summed E-state index contributed by atoms with van der Waals surface area (Å²) >= 11 is 0. The number of nitrogens with one attached hydrogen (secondary N) is 1. The summed E-state index contributed by atoms with van der Waals surface area (Å²) < 4.78 is 37.9. The van der Waals surface area contributed by atoms with Crippen molar-refractivity contribution in [3.8, 4) is 0 Å². The molecule has 1 amide bonds. The van der Waals surface area contributed by atoms with Crippen molar-refractivity contribution in [1.82, 2.24) is 14.9 Å². The fourth-order valence-electron chi connectivity index (χ4n) is 3.20. The average Bonchev–Trinajstić information content (AvgIpc) is 2.68. The molecule has 2 aromatic rings. The van der Waals surface area contributed by atoms with E-state index in [9.17, 15) is 18.0 Å². The maximum atomic E-state index is 12.6. The Morgan fingerprint density at radius 1 is 1.07 bits per heavy atom. The summed E-state index contributed by atoms with van der Waals surface area (Å²) in [5, 5.41) is 0. The fourth-order valence-corrected chi connectivity index (χ4v) is 3.20. The molecule has 0 saturated carbocycles. The summed E-state index contributed by atoms with van der Waals surface area (Å²) in [6, 6.07) is 6.86. The van der Waals surface area contributed by atoms with Crippen LogP contribution in [0.1, 0.15) is 11.1 Å². The van der Waals surface area contributed by atoms with Gasteiger partial charge in [0.25, 0.3) is 5.91 Å². The summed E-state index contributed by atoms with van der Waals surface area (Å²) in [6.07, 6.45) is -0.945. The molecule has 6 nitrogen and oxygen atoms in total. The molecule has 0 aliphatic carbocycles. The zero-order valence-electron chi connectivity index (χ0n) is 15.6. The van der Waals surface area contributed by atoms with E-state index in [-0.39, 0.29) is 5.91 Å². The first-order valence-electron chi connectivity index (χ1n) is 9.10. The maximum Gasteiger partial charge on any atom is 0.416 e. The van der Waals surface area contributed by atoms with E-state index in [1.807, 2.05) is 16.8 Å². The SMILES string of the molecule is C[NH+](CC(=O)N1CCN(c2ncccn2)CC1)Cc1ccc(C(F)(F)F)cc1. The summed E-state index contributed by atoms with van der Waals surface area (Å²) in [4.78, 5) is 25.8. The molecule has 150 valence electrons. The van der Waals surface area contributed by atoms with Gasteiger partial charge >= 0.3 is 6.18 Å². The van der Waals surface area contributed by atoms with Gasteiger partial charge in [-0.05, 0) is 18.2 Å². The van der Waals surface area contributed by atoms with E-state index in [2.05, 4.69) is 9.97 Å². The molecule has 0 spiro atoms. The van der Waals surface area contributed by atoms with Crippen LogP contribution in [-0.4, -0.2) is 60.5 Å². The first-order valence-corrected chi connectivity index (χ1v) is 9.10. The number of amides is 1. The largest absolute Gasteiger partial charge is 0.416 e. The zero-order chi connectivity index (χ0) is 20.1. The van der Waals surface area contributed by atoms with E-state index < -0.39 is 11.7 Å². The van der Waals surface area contributed by atoms with Gasteiger partial charge < -0.3 is 14.7 Å². The lowest BCUT2D eigenvalue weighted by atomic mass is 10.1. The highest BCUT2D eigenvalue weighted by atomic mass is 19.4. The summed E-state index contributed by atoms with van der Waals surface area (Å²) in [6.45, 7) is 3.33. The predicted molar refractivity (Wildman–Crippen MR) is 97.7 cm³/mol. The Bertz CT molecular complexity index is 774. The number of benzene rings is 1. The standard InChI is InChI=1S/C19H22F3N5O/c1-25(13-15-3-5-16(6-4-15)19(20,21)22)14-17(28)26-9-11-27(12-10-26)18-23-7-2-8-24-18/h2-8H,9-14H2,1H3/p+1. The second kappa shape index (κ2) is 8.55. The van der Waals surface area contributed by atoms with Gasteiger partial charge in [0.1, 0.15) is 6.54 Å². The Morgan fingerprint density at radius 2 is 1.68 bits per heavy atom. The van der Waals surface area contributed by atoms with Crippen molar-refractivity contribution in [1.29, 1.82) is 0 Å². The molecule has 1 aliphatic heterocycles. The Kier molecular flexibility index (Phi) is 6.13. The molecule has 28 heavy (non-hydrogen) atoms. The number of anilines is 1. The maximum absolute atomic E-state index is 12.6. The molecule has 1 unspecified atom stereocenters. The minimum Gasteiger partial charge on any atom is -0.337 e. The van der Waals surface area contributed by atoms with E-state index in [1.165, 1.54) is 12.1 Å². The Balaban J connectivity index is 1.47. The van der Waals surface area contributed by atoms with Crippen LogP contribution >= 0.6 is 0 Å². The van der Waals surface area contributed by atoms with Crippen molar-refractivity contribution in [3.63, 3.8) is 0 Å². The molecule has 1 N–H and O–H groups in total. The van der Waals surface area contributed by atoms with Gasteiger partial charge in [-0.2, -0.15) is 13.2 Å². The summed E-state index contributed by atoms with van der Waals surface area (Å²) in [5.74, 6) is 0.706. The Morgan fingerprint density at radius 3 is 2.25 bits per heavy atom. The first-order chi connectivity index (χ1) is 13.3. The highest BCUT2D eigenvalue weighted by Gasteiger charge is 2.30. The van der Waals surface area contributed by atoms with Gasteiger partial charge in [0.05, 0.1) is 12.6 Å². The average molecular weight is 394 g/mol. The molecule has 0 radical (unpaired) electrons. The van der Waals surface area contributed by atoms with Crippen molar-refractivity contribution < 1.29 is 22.9 Å². The summed E-state index contributed by atoms with van der Waals surface area (Å²) in [5.41, 5.74) is 0.106. The number of carbonyl (C=O) groups excluding carboxylic acids is 1. The number of hydrogen-bond acceptors (Lipinski definition) is 4. The number of alkyl halides is 3. The molecule has 1 aromatic heterocycles. The van der Waals surface area contributed by atoms with Gasteiger partial charge in [-0.25, -0.2) is 9.97 Å². The quantitative estimate of drug-likeness (QED) is 0.818. The van der Waals surface area contributed by atoms with Gasteiger partial charge in [-0.3, -0.25) is 4.79 Å². The fraction of sp³-hybridized carbons (Fsp3) is 0.421.